The van der Waals surface area contributed by atoms with Crippen LogP contribution in [0.2, 0.25) is 0 Å². The normalized spacial score (nSPS) is 21.7. The Morgan fingerprint density at radius 3 is 3.10 bits per heavy atom. The van der Waals surface area contributed by atoms with E-state index in [-0.39, 0.29) is 11.1 Å². The fourth-order valence-electron chi connectivity index (χ4n) is 2.73. The number of furan rings is 1. The molecular formula is C13H17N3O4S. The van der Waals surface area contributed by atoms with Crippen molar-refractivity contribution in [3.63, 3.8) is 0 Å². The summed E-state index contributed by atoms with van der Waals surface area (Å²) in [5.41, 5.74) is 0. The highest BCUT2D eigenvalue weighted by Gasteiger charge is 2.37. The first-order chi connectivity index (χ1) is 10.1. The molecule has 8 heteroatoms. The number of sulfonamides is 1. The molecule has 2 aromatic heterocycles. The SMILES string of the molecule is O=S(=O)(c1cnc[nH]1)N1CCC[C@@H]1C[C@@H](O)c1ccco1. The molecule has 1 fully saturated rings. The van der Waals surface area contributed by atoms with E-state index >= 15 is 0 Å². The van der Waals surface area contributed by atoms with E-state index < -0.39 is 16.1 Å². The fraction of sp³-hybridized carbons (Fsp3) is 0.462. The van der Waals surface area contributed by atoms with Gasteiger partial charge in [0.15, 0.2) is 5.03 Å². The Hall–Kier alpha value is -1.64. The van der Waals surface area contributed by atoms with Crippen LogP contribution in [0, 0.1) is 0 Å². The minimum Gasteiger partial charge on any atom is -0.467 e. The first-order valence-corrected chi connectivity index (χ1v) is 8.25. The lowest BCUT2D eigenvalue weighted by Gasteiger charge is -2.24. The van der Waals surface area contributed by atoms with Crippen LogP contribution < -0.4 is 0 Å². The van der Waals surface area contributed by atoms with Crippen molar-refractivity contribution in [2.24, 2.45) is 0 Å². The van der Waals surface area contributed by atoms with Crippen LogP contribution in [0.4, 0.5) is 0 Å². The number of nitrogens with zero attached hydrogens (tertiary/aromatic N) is 2. The van der Waals surface area contributed by atoms with Gasteiger partial charge in [-0.25, -0.2) is 13.4 Å². The largest absolute Gasteiger partial charge is 0.467 e. The van der Waals surface area contributed by atoms with Gasteiger partial charge in [-0.05, 0) is 31.4 Å². The van der Waals surface area contributed by atoms with Gasteiger partial charge in [0.25, 0.3) is 10.0 Å². The molecule has 2 N–H and O–H groups in total. The van der Waals surface area contributed by atoms with Crippen molar-refractivity contribution in [2.45, 2.75) is 36.4 Å². The predicted molar refractivity (Wildman–Crippen MR) is 73.8 cm³/mol. The second-order valence-corrected chi connectivity index (χ2v) is 6.95. The minimum absolute atomic E-state index is 0.0851. The average molecular weight is 311 g/mol. The van der Waals surface area contributed by atoms with Crippen molar-refractivity contribution in [1.29, 1.82) is 0 Å². The predicted octanol–water partition coefficient (Wildman–Crippen LogP) is 1.28. The van der Waals surface area contributed by atoms with Gasteiger partial charge < -0.3 is 14.5 Å². The second-order valence-electron chi connectivity index (χ2n) is 5.09. The van der Waals surface area contributed by atoms with E-state index in [4.69, 9.17) is 4.42 Å². The molecule has 21 heavy (non-hydrogen) atoms. The summed E-state index contributed by atoms with van der Waals surface area (Å²) in [4.78, 5) is 6.39. The summed E-state index contributed by atoms with van der Waals surface area (Å²) < 4.78 is 31.6. The molecule has 0 spiro atoms. The molecule has 114 valence electrons. The maximum atomic E-state index is 12.5. The minimum atomic E-state index is -3.59. The van der Waals surface area contributed by atoms with Crippen molar-refractivity contribution in [3.8, 4) is 0 Å². The van der Waals surface area contributed by atoms with E-state index in [2.05, 4.69) is 9.97 Å². The Kier molecular flexibility index (Phi) is 3.83. The Bertz CT molecular complexity index is 666. The van der Waals surface area contributed by atoms with Crippen LogP contribution in [0.1, 0.15) is 31.1 Å². The molecule has 1 saturated heterocycles. The van der Waals surface area contributed by atoms with Crippen LogP contribution in [0.25, 0.3) is 0 Å². The van der Waals surface area contributed by atoms with Crippen LogP contribution in [-0.2, 0) is 10.0 Å². The van der Waals surface area contributed by atoms with Gasteiger partial charge in [0.1, 0.15) is 11.9 Å². The summed E-state index contributed by atoms with van der Waals surface area (Å²) >= 11 is 0. The smallest absolute Gasteiger partial charge is 0.260 e. The Morgan fingerprint density at radius 1 is 1.57 bits per heavy atom. The molecule has 7 nitrogen and oxygen atoms in total. The molecule has 1 aliphatic heterocycles. The quantitative estimate of drug-likeness (QED) is 0.866. The van der Waals surface area contributed by atoms with Crippen molar-refractivity contribution >= 4 is 10.0 Å². The van der Waals surface area contributed by atoms with Gasteiger partial charge in [0.05, 0.1) is 18.8 Å². The number of aromatic amines is 1. The van der Waals surface area contributed by atoms with Gasteiger partial charge in [-0.2, -0.15) is 4.31 Å². The number of aliphatic hydroxyl groups excluding tert-OH is 1. The Morgan fingerprint density at radius 2 is 2.43 bits per heavy atom. The van der Waals surface area contributed by atoms with Gasteiger partial charge in [-0.1, -0.05) is 0 Å². The van der Waals surface area contributed by atoms with E-state index in [1.807, 2.05) is 0 Å². The molecule has 0 unspecified atom stereocenters. The van der Waals surface area contributed by atoms with Crippen LogP contribution >= 0.6 is 0 Å². The Balaban J connectivity index is 1.77. The van der Waals surface area contributed by atoms with Gasteiger partial charge in [0, 0.05) is 12.6 Å². The molecule has 0 radical (unpaired) electrons. The first-order valence-electron chi connectivity index (χ1n) is 6.80. The lowest BCUT2D eigenvalue weighted by atomic mass is 10.1. The van der Waals surface area contributed by atoms with E-state index in [1.165, 1.54) is 23.1 Å². The molecule has 2 atom stereocenters. The molecular weight excluding hydrogens is 294 g/mol. The number of imidazole rings is 1. The van der Waals surface area contributed by atoms with Crippen molar-refractivity contribution < 1.29 is 17.9 Å². The summed E-state index contributed by atoms with van der Waals surface area (Å²) in [6, 6.07) is 3.15. The highest BCUT2D eigenvalue weighted by atomic mass is 32.2. The van der Waals surface area contributed by atoms with E-state index in [0.29, 0.717) is 18.7 Å². The zero-order valence-electron chi connectivity index (χ0n) is 11.3. The maximum absolute atomic E-state index is 12.5. The van der Waals surface area contributed by atoms with Crippen LogP contribution in [-0.4, -0.2) is 40.4 Å². The summed E-state index contributed by atoms with van der Waals surface area (Å²) in [6.45, 7) is 0.455. The number of aliphatic hydroxyl groups is 1. The number of hydrogen-bond acceptors (Lipinski definition) is 5. The lowest BCUT2D eigenvalue weighted by Crippen LogP contribution is -2.36. The topological polar surface area (TPSA) is 99.4 Å². The van der Waals surface area contributed by atoms with Gasteiger partial charge in [-0.3, -0.25) is 0 Å². The highest BCUT2D eigenvalue weighted by Crippen LogP contribution is 2.31. The summed E-state index contributed by atoms with van der Waals surface area (Å²) in [5.74, 6) is 0.459. The Labute approximate surface area is 122 Å². The number of hydrogen-bond donors (Lipinski definition) is 2. The van der Waals surface area contributed by atoms with Crippen LogP contribution in [0.5, 0.6) is 0 Å². The maximum Gasteiger partial charge on any atom is 0.260 e. The standard InChI is InChI=1S/C13H17N3O4S/c17-11(12-4-2-6-20-12)7-10-3-1-5-16(10)21(18,19)13-8-14-9-15-13/h2,4,6,8-11,17H,1,3,5,7H2,(H,14,15)/t10-,11-/m1/s1. The number of H-pyrrole nitrogens is 1. The zero-order chi connectivity index (χ0) is 14.9. The van der Waals surface area contributed by atoms with Crippen molar-refractivity contribution in [3.05, 3.63) is 36.7 Å². The molecule has 0 aliphatic carbocycles. The molecule has 3 rings (SSSR count). The molecule has 1 aliphatic rings. The summed E-state index contributed by atoms with van der Waals surface area (Å²) in [5, 5.41) is 10.2. The molecule has 0 aromatic carbocycles. The van der Waals surface area contributed by atoms with E-state index in [0.717, 1.165) is 12.8 Å². The molecule has 2 aromatic rings. The molecule has 3 heterocycles. The fourth-order valence-corrected chi connectivity index (χ4v) is 4.33. The van der Waals surface area contributed by atoms with Crippen molar-refractivity contribution in [2.75, 3.05) is 6.54 Å². The van der Waals surface area contributed by atoms with E-state index in [9.17, 15) is 13.5 Å². The number of aromatic nitrogens is 2. The van der Waals surface area contributed by atoms with E-state index in [1.54, 1.807) is 12.1 Å². The van der Waals surface area contributed by atoms with Gasteiger partial charge in [0.2, 0.25) is 0 Å². The second kappa shape index (κ2) is 5.63. The number of nitrogens with one attached hydrogen (secondary N) is 1. The third kappa shape index (κ3) is 2.74. The zero-order valence-corrected chi connectivity index (χ0v) is 12.2. The summed E-state index contributed by atoms with van der Waals surface area (Å²) in [6.07, 6.45) is 5.16. The number of rotatable bonds is 5. The monoisotopic (exact) mass is 311 g/mol. The van der Waals surface area contributed by atoms with Crippen molar-refractivity contribution in [1.82, 2.24) is 14.3 Å². The van der Waals surface area contributed by atoms with Gasteiger partial charge >= 0.3 is 0 Å². The third-order valence-corrected chi connectivity index (χ3v) is 5.63. The molecule has 0 amide bonds. The van der Waals surface area contributed by atoms with Crippen LogP contribution in [0.3, 0.4) is 0 Å². The summed E-state index contributed by atoms with van der Waals surface area (Å²) in [7, 11) is -3.59. The molecule has 0 saturated carbocycles. The average Bonchev–Trinajstić information content (AvgIpc) is 3.20. The third-order valence-electron chi connectivity index (χ3n) is 3.75. The molecule has 0 bridgehead atoms. The highest BCUT2D eigenvalue weighted by molar-refractivity contribution is 7.89. The lowest BCUT2D eigenvalue weighted by molar-refractivity contribution is 0.118. The first kappa shape index (κ1) is 14.3. The van der Waals surface area contributed by atoms with Gasteiger partial charge in [-0.15, -0.1) is 0 Å². The van der Waals surface area contributed by atoms with Crippen LogP contribution in [0.15, 0.2) is 40.4 Å².